The fourth-order valence-electron chi connectivity index (χ4n) is 4.34. The number of ether oxygens (including phenoxy) is 1. The van der Waals surface area contributed by atoms with Crippen molar-refractivity contribution in [1.82, 2.24) is 19.0 Å². The number of benzene rings is 2. The van der Waals surface area contributed by atoms with E-state index < -0.39 is 0 Å². The SMILES string of the molecule is COc1ccccc1-n1c(SCC(=O)N2CCCC2)nc2c(sc(=S)n2-c2ccc(C)c(C)c2)c1=O. The molecule has 7 nitrogen and oxygen atoms in total. The molecule has 0 unspecified atom stereocenters. The van der Waals surface area contributed by atoms with Gasteiger partial charge in [0.2, 0.25) is 5.91 Å². The van der Waals surface area contributed by atoms with E-state index >= 15 is 0 Å². The summed E-state index contributed by atoms with van der Waals surface area (Å²) in [7, 11) is 1.57. The van der Waals surface area contributed by atoms with E-state index in [4.69, 9.17) is 21.9 Å². The second kappa shape index (κ2) is 10.2. The predicted octanol–water partition coefficient (Wildman–Crippen LogP) is 5.31. The lowest BCUT2D eigenvalue weighted by Gasteiger charge is -2.17. The molecule has 10 heteroatoms. The number of hydrogen-bond acceptors (Lipinski definition) is 7. The first-order valence-electron chi connectivity index (χ1n) is 11.7. The molecule has 186 valence electrons. The molecule has 0 bridgehead atoms. The molecule has 2 aromatic heterocycles. The Morgan fingerprint density at radius 3 is 2.58 bits per heavy atom. The van der Waals surface area contributed by atoms with Crippen molar-refractivity contribution in [1.29, 1.82) is 0 Å². The van der Waals surface area contributed by atoms with E-state index in [1.807, 2.05) is 46.7 Å². The van der Waals surface area contributed by atoms with Gasteiger partial charge in [0.25, 0.3) is 5.56 Å². The molecule has 4 aromatic rings. The summed E-state index contributed by atoms with van der Waals surface area (Å²) >= 11 is 8.21. The van der Waals surface area contributed by atoms with Crippen LogP contribution in [0, 0.1) is 17.8 Å². The van der Waals surface area contributed by atoms with Gasteiger partial charge >= 0.3 is 0 Å². The summed E-state index contributed by atoms with van der Waals surface area (Å²) in [4.78, 5) is 33.6. The van der Waals surface area contributed by atoms with Gasteiger partial charge in [-0.3, -0.25) is 18.7 Å². The van der Waals surface area contributed by atoms with Gasteiger partial charge in [-0.25, -0.2) is 4.98 Å². The normalized spacial score (nSPS) is 13.5. The van der Waals surface area contributed by atoms with E-state index in [1.54, 1.807) is 17.7 Å². The van der Waals surface area contributed by atoms with E-state index in [1.165, 1.54) is 28.7 Å². The summed E-state index contributed by atoms with van der Waals surface area (Å²) in [5, 5.41) is 0.426. The van der Waals surface area contributed by atoms with Gasteiger partial charge in [0.15, 0.2) is 14.8 Å². The van der Waals surface area contributed by atoms with Gasteiger partial charge < -0.3 is 9.64 Å². The van der Waals surface area contributed by atoms with Crippen molar-refractivity contribution < 1.29 is 9.53 Å². The quantitative estimate of drug-likeness (QED) is 0.188. The summed E-state index contributed by atoms with van der Waals surface area (Å²) in [5.74, 6) is 0.794. The van der Waals surface area contributed by atoms with E-state index in [-0.39, 0.29) is 17.2 Å². The standard InChI is InChI=1S/C26H26N4O3S3/c1-16-10-11-18(14-17(16)2)29-23-22(36-26(29)34)24(32)30(19-8-4-5-9-20(19)33-3)25(27-23)35-15-21(31)28-12-6-7-13-28/h4-5,8-11,14H,6-7,12-13,15H2,1-3H3. The number of nitrogens with zero attached hydrogens (tertiary/aromatic N) is 4. The van der Waals surface area contributed by atoms with Crippen molar-refractivity contribution in [2.45, 2.75) is 31.8 Å². The number of rotatable bonds is 6. The zero-order valence-electron chi connectivity index (χ0n) is 20.3. The van der Waals surface area contributed by atoms with E-state index in [0.29, 0.717) is 30.9 Å². The molecule has 1 aliphatic heterocycles. The molecule has 1 amide bonds. The van der Waals surface area contributed by atoms with Crippen LogP contribution >= 0.6 is 35.3 Å². The molecular formula is C26H26N4O3S3. The maximum Gasteiger partial charge on any atom is 0.278 e. The molecule has 0 aliphatic carbocycles. The summed E-state index contributed by atoms with van der Waals surface area (Å²) < 4.78 is 9.95. The van der Waals surface area contributed by atoms with Gasteiger partial charge in [0, 0.05) is 18.8 Å². The Balaban J connectivity index is 1.70. The molecule has 0 spiro atoms. The minimum Gasteiger partial charge on any atom is -0.495 e. The van der Waals surface area contributed by atoms with Crippen LogP contribution in [0.3, 0.4) is 0 Å². The number of aryl methyl sites for hydroxylation is 2. The highest BCUT2D eigenvalue weighted by Crippen LogP contribution is 2.31. The first-order valence-corrected chi connectivity index (χ1v) is 13.9. The molecule has 3 heterocycles. The number of fused-ring (bicyclic) bond motifs is 1. The number of methoxy groups -OCH3 is 1. The third kappa shape index (κ3) is 4.49. The van der Waals surface area contributed by atoms with Crippen LogP contribution in [0.5, 0.6) is 5.75 Å². The van der Waals surface area contributed by atoms with Gasteiger partial charge in [-0.05, 0) is 74.3 Å². The summed E-state index contributed by atoms with van der Waals surface area (Å²) in [5.41, 5.74) is 4.00. The van der Waals surface area contributed by atoms with Crippen LogP contribution in [0.1, 0.15) is 24.0 Å². The van der Waals surface area contributed by atoms with Gasteiger partial charge in [0.1, 0.15) is 10.4 Å². The Morgan fingerprint density at radius 2 is 1.86 bits per heavy atom. The summed E-state index contributed by atoms with van der Waals surface area (Å²) in [6.07, 6.45) is 2.05. The van der Waals surface area contributed by atoms with E-state index in [9.17, 15) is 9.59 Å². The number of carbonyl (C=O) groups excluding carboxylic acids is 1. The average molecular weight is 539 g/mol. The minimum atomic E-state index is -0.237. The van der Waals surface area contributed by atoms with Crippen LogP contribution in [0.25, 0.3) is 21.7 Å². The first-order chi connectivity index (χ1) is 17.4. The highest BCUT2D eigenvalue weighted by atomic mass is 32.2. The molecule has 0 N–H and O–H groups in total. The molecule has 36 heavy (non-hydrogen) atoms. The first kappa shape index (κ1) is 24.7. The van der Waals surface area contributed by atoms with Crippen molar-refractivity contribution in [3.63, 3.8) is 0 Å². The van der Waals surface area contributed by atoms with Crippen LogP contribution in [-0.2, 0) is 4.79 Å². The second-order valence-corrected chi connectivity index (χ2v) is 11.3. The number of thioether (sulfide) groups is 1. The number of para-hydroxylation sites is 2. The highest BCUT2D eigenvalue weighted by molar-refractivity contribution is 7.99. The fourth-order valence-corrected chi connectivity index (χ4v) is 6.54. The molecule has 5 rings (SSSR count). The Kier molecular flexibility index (Phi) is 7.00. The number of likely N-dealkylation sites (tertiary alicyclic amines) is 1. The summed E-state index contributed by atoms with van der Waals surface area (Å²) in [6, 6.07) is 13.4. The molecule has 1 fully saturated rings. The van der Waals surface area contributed by atoms with Crippen molar-refractivity contribution >= 4 is 51.6 Å². The molecule has 2 aromatic carbocycles. The Labute approximate surface area is 222 Å². The second-order valence-electron chi connectivity index (χ2n) is 8.71. The van der Waals surface area contributed by atoms with Crippen molar-refractivity contribution in [3.05, 3.63) is 67.9 Å². The number of thiazole rings is 1. The lowest BCUT2D eigenvalue weighted by molar-refractivity contribution is -0.127. The number of aromatic nitrogens is 3. The maximum absolute atomic E-state index is 13.9. The van der Waals surface area contributed by atoms with Crippen LogP contribution in [-0.4, -0.2) is 50.9 Å². The number of carbonyl (C=O) groups is 1. The zero-order valence-corrected chi connectivity index (χ0v) is 22.8. The Morgan fingerprint density at radius 1 is 1.11 bits per heavy atom. The molecule has 1 aliphatic rings. The lowest BCUT2D eigenvalue weighted by Crippen LogP contribution is -2.29. The van der Waals surface area contributed by atoms with Crippen LogP contribution in [0.15, 0.2) is 52.4 Å². The molecule has 0 radical (unpaired) electrons. The third-order valence-electron chi connectivity index (χ3n) is 6.44. The topological polar surface area (TPSA) is 69.4 Å². The minimum absolute atomic E-state index is 0.0507. The smallest absolute Gasteiger partial charge is 0.278 e. The van der Waals surface area contributed by atoms with Gasteiger partial charge in [-0.2, -0.15) is 0 Å². The zero-order chi connectivity index (χ0) is 25.4. The molecule has 0 saturated carbocycles. The van der Waals surface area contributed by atoms with Crippen molar-refractivity contribution in [3.8, 4) is 17.1 Å². The fraction of sp³-hybridized carbons (Fsp3) is 0.308. The Hall–Kier alpha value is -2.95. The maximum atomic E-state index is 13.9. The molecular weight excluding hydrogens is 513 g/mol. The van der Waals surface area contributed by atoms with E-state index in [0.717, 1.165) is 37.2 Å². The van der Waals surface area contributed by atoms with Crippen LogP contribution in [0.2, 0.25) is 0 Å². The lowest BCUT2D eigenvalue weighted by atomic mass is 10.1. The summed E-state index contributed by atoms with van der Waals surface area (Å²) in [6.45, 7) is 5.66. The largest absolute Gasteiger partial charge is 0.495 e. The highest BCUT2D eigenvalue weighted by Gasteiger charge is 2.23. The Bertz CT molecular complexity index is 1580. The number of hydrogen-bond donors (Lipinski definition) is 0. The average Bonchev–Trinajstić information content (AvgIpc) is 3.53. The van der Waals surface area contributed by atoms with Gasteiger partial charge in [0.05, 0.1) is 18.6 Å². The monoisotopic (exact) mass is 538 g/mol. The number of amides is 1. The van der Waals surface area contributed by atoms with Crippen LogP contribution < -0.4 is 10.3 Å². The predicted molar refractivity (Wildman–Crippen MR) is 148 cm³/mol. The van der Waals surface area contributed by atoms with E-state index in [2.05, 4.69) is 13.0 Å². The van der Waals surface area contributed by atoms with Crippen LogP contribution in [0.4, 0.5) is 0 Å². The van der Waals surface area contributed by atoms with Gasteiger partial charge in [-0.1, -0.05) is 41.3 Å². The molecule has 0 atom stereocenters. The van der Waals surface area contributed by atoms with Gasteiger partial charge in [-0.15, -0.1) is 0 Å². The van der Waals surface area contributed by atoms with Crippen molar-refractivity contribution in [2.75, 3.05) is 26.0 Å². The molecule has 1 saturated heterocycles. The third-order valence-corrected chi connectivity index (χ3v) is 8.71. The van der Waals surface area contributed by atoms with Crippen molar-refractivity contribution in [2.24, 2.45) is 0 Å².